The first kappa shape index (κ1) is 44.6. The van der Waals surface area contributed by atoms with Gasteiger partial charge in [0, 0.05) is 0 Å². The van der Waals surface area contributed by atoms with Gasteiger partial charge in [-0.15, -0.1) is 0 Å². The van der Waals surface area contributed by atoms with Crippen LogP contribution in [0.1, 0.15) is 179 Å². The molecule has 0 saturated heterocycles. The van der Waals surface area contributed by atoms with Crippen LogP contribution < -0.4 is 0 Å². The Hall–Kier alpha value is -0.0400. The normalized spacial score (nSPS) is 8.71. The minimum absolute atomic E-state index is 1.25. The average molecular weight is 448 g/mol. The number of rotatable bonds is 13. The van der Waals surface area contributed by atoms with E-state index in [1.54, 1.807) is 0 Å². The molecule has 0 N–H and O–H groups in total. The lowest BCUT2D eigenvalue weighted by molar-refractivity contribution is 0.324. The summed E-state index contributed by atoms with van der Waals surface area (Å²) >= 11 is 0. The standard InChI is InChI=1S/C16H35N.4C3H8.C2H6/c1-4-6-7-8-9-10-11-12-13-14-16-17(3)15-5-2;4*1-3-2;1-2/h4-16H2,1-3H3;4*3H2,1-2H3;1-2H3. The number of hydrogen-bond acceptors (Lipinski definition) is 1. The molecule has 0 rings (SSSR count). The number of hydrogen-bond donors (Lipinski definition) is 0. The highest BCUT2D eigenvalue weighted by Crippen LogP contribution is 2.10. The quantitative estimate of drug-likeness (QED) is 0.254. The average Bonchev–Trinajstić information content (AvgIpc) is 2.73. The van der Waals surface area contributed by atoms with E-state index in [0.717, 1.165) is 0 Å². The van der Waals surface area contributed by atoms with Crippen LogP contribution in [0.5, 0.6) is 0 Å². The zero-order valence-electron chi connectivity index (χ0n) is 25.5. The van der Waals surface area contributed by atoms with Gasteiger partial charge in [0.2, 0.25) is 0 Å². The predicted molar refractivity (Wildman–Crippen MR) is 155 cm³/mol. The second-order valence-electron chi connectivity index (χ2n) is 8.31. The molecule has 0 amide bonds. The van der Waals surface area contributed by atoms with E-state index >= 15 is 0 Å². The molecular weight excluding hydrogens is 374 g/mol. The maximum absolute atomic E-state index is 2.46. The van der Waals surface area contributed by atoms with Crippen molar-refractivity contribution in [3.63, 3.8) is 0 Å². The van der Waals surface area contributed by atoms with Crippen LogP contribution in [-0.2, 0) is 0 Å². The summed E-state index contributed by atoms with van der Waals surface area (Å²) in [6.07, 6.45) is 20.7. The van der Waals surface area contributed by atoms with Gasteiger partial charge in [0.25, 0.3) is 0 Å². The Bertz CT molecular complexity index is 171. The zero-order valence-corrected chi connectivity index (χ0v) is 25.5. The zero-order chi connectivity index (χ0) is 25.6. The largest absolute Gasteiger partial charge is 0.306 e. The topological polar surface area (TPSA) is 3.24 Å². The van der Waals surface area contributed by atoms with Gasteiger partial charge < -0.3 is 4.90 Å². The van der Waals surface area contributed by atoms with Crippen molar-refractivity contribution in [2.24, 2.45) is 0 Å². The van der Waals surface area contributed by atoms with Gasteiger partial charge in [-0.25, -0.2) is 0 Å². The summed E-state index contributed by atoms with van der Waals surface area (Å²) in [6, 6.07) is 0. The van der Waals surface area contributed by atoms with Crippen LogP contribution in [0.2, 0.25) is 0 Å². The molecule has 0 aromatic heterocycles. The Balaban J connectivity index is -0.0000000914. The molecule has 1 nitrogen and oxygen atoms in total. The van der Waals surface area contributed by atoms with E-state index in [1.165, 1.54) is 109 Å². The molecule has 0 unspecified atom stereocenters. The van der Waals surface area contributed by atoms with Gasteiger partial charge in [-0.1, -0.05) is 167 Å². The first-order chi connectivity index (χ1) is 15.0. The van der Waals surface area contributed by atoms with Crippen molar-refractivity contribution in [1.82, 2.24) is 4.90 Å². The fourth-order valence-corrected chi connectivity index (χ4v) is 2.36. The molecular formula is C30H73N. The lowest BCUT2D eigenvalue weighted by Gasteiger charge is -2.14. The third-order valence-corrected chi connectivity index (χ3v) is 3.50. The van der Waals surface area contributed by atoms with Crippen molar-refractivity contribution in [3.8, 4) is 0 Å². The predicted octanol–water partition coefficient (Wildman–Crippen LogP) is 11.9. The highest BCUT2D eigenvalue weighted by Gasteiger charge is 1.96. The molecule has 0 aliphatic carbocycles. The van der Waals surface area contributed by atoms with E-state index in [1.807, 2.05) is 13.8 Å². The lowest BCUT2D eigenvalue weighted by Crippen LogP contribution is -2.20. The smallest absolute Gasteiger partial charge is 0.00218 e. The van der Waals surface area contributed by atoms with Gasteiger partial charge in [-0.3, -0.25) is 0 Å². The van der Waals surface area contributed by atoms with E-state index < -0.39 is 0 Å². The van der Waals surface area contributed by atoms with Crippen LogP contribution in [0, 0.1) is 0 Å². The molecule has 31 heavy (non-hydrogen) atoms. The molecule has 0 spiro atoms. The van der Waals surface area contributed by atoms with E-state index in [-0.39, 0.29) is 0 Å². The van der Waals surface area contributed by atoms with E-state index in [0.29, 0.717) is 0 Å². The maximum atomic E-state index is 2.46. The molecule has 0 atom stereocenters. The Morgan fingerprint density at radius 3 is 0.871 bits per heavy atom. The van der Waals surface area contributed by atoms with Crippen LogP contribution in [0.3, 0.4) is 0 Å². The maximum Gasteiger partial charge on any atom is -0.00218 e. The minimum Gasteiger partial charge on any atom is -0.306 e. The van der Waals surface area contributed by atoms with Crippen molar-refractivity contribution in [2.75, 3.05) is 20.1 Å². The van der Waals surface area contributed by atoms with Crippen molar-refractivity contribution in [3.05, 3.63) is 0 Å². The van der Waals surface area contributed by atoms with Crippen molar-refractivity contribution in [1.29, 1.82) is 0 Å². The molecule has 0 heterocycles. The first-order valence-electron chi connectivity index (χ1n) is 14.7. The van der Waals surface area contributed by atoms with Crippen molar-refractivity contribution >= 4 is 0 Å². The summed E-state index contributed by atoms with van der Waals surface area (Å²) in [4.78, 5) is 2.46. The number of nitrogens with zero attached hydrogens (tertiary/aromatic N) is 1. The van der Waals surface area contributed by atoms with Gasteiger partial charge in [0.05, 0.1) is 0 Å². The minimum atomic E-state index is 1.25. The van der Waals surface area contributed by atoms with Gasteiger partial charge in [-0.2, -0.15) is 0 Å². The molecule has 0 fully saturated rings. The Kier molecular flexibility index (Phi) is 90.8. The highest BCUT2D eigenvalue weighted by molar-refractivity contribution is 4.52. The summed E-state index contributed by atoms with van der Waals surface area (Å²) in [5, 5.41) is 0. The fourth-order valence-electron chi connectivity index (χ4n) is 2.36. The highest BCUT2D eigenvalue weighted by atomic mass is 15.1. The van der Waals surface area contributed by atoms with Gasteiger partial charge in [-0.05, 0) is 33.0 Å². The summed E-state index contributed by atoms with van der Waals surface area (Å²) < 4.78 is 0. The molecule has 0 saturated carbocycles. The molecule has 198 valence electrons. The van der Waals surface area contributed by atoms with Crippen molar-refractivity contribution < 1.29 is 0 Å². The van der Waals surface area contributed by atoms with E-state index in [4.69, 9.17) is 0 Å². The Morgan fingerprint density at radius 1 is 0.355 bits per heavy atom. The third-order valence-electron chi connectivity index (χ3n) is 3.50. The molecule has 0 aromatic carbocycles. The van der Waals surface area contributed by atoms with E-state index in [2.05, 4.69) is 81.2 Å². The molecule has 0 radical (unpaired) electrons. The van der Waals surface area contributed by atoms with Crippen LogP contribution in [0.15, 0.2) is 0 Å². The van der Waals surface area contributed by atoms with Crippen molar-refractivity contribution in [2.45, 2.75) is 179 Å². The fraction of sp³-hybridized carbons (Fsp3) is 1.00. The third kappa shape index (κ3) is 105. The van der Waals surface area contributed by atoms with Crippen LogP contribution in [-0.4, -0.2) is 25.0 Å². The van der Waals surface area contributed by atoms with Gasteiger partial charge >= 0.3 is 0 Å². The molecule has 0 aromatic rings. The van der Waals surface area contributed by atoms with Crippen LogP contribution >= 0.6 is 0 Å². The summed E-state index contributed by atoms with van der Waals surface area (Å²) in [5.74, 6) is 0. The Labute approximate surface area is 204 Å². The molecule has 0 bridgehead atoms. The van der Waals surface area contributed by atoms with Crippen LogP contribution in [0.4, 0.5) is 0 Å². The van der Waals surface area contributed by atoms with Gasteiger partial charge in [0.15, 0.2) is 0 Å². The summed E-state index contributed by atoms with van der Waals surface area (Å²) in [5.41, 5.74) is 0. The first-order valence-corrected chi connectivity index (χ1v) is 14.7. The summed E-state index contributed by atoms with van der Waals surface area (Å²) in [7, 11) is 2.25. The van der Waals surface area contributed by atoms with Gasteiger partial charge in [0.1, 0.15) is 0 Å². The monoisotopic (exact) mass is 448 g/mol. The second kappa shape index (κ2) is 63.1. The van der Waals surface area contributed by atoms with Crippen LogP contribution in [0.25, 0.3) is 0 Å². The molecule has 0 aliphatic rings. The molecule has 1 heteroatoms. The Morgan fingerprint density at radius 2 is 0.613 bits per heavy atom. The van der Waals surface area contributed by atoms with E-state index in [9.17, 15) is 0 Å². The number of unbranched alkanes of at least 4 members (excludes halogenated alkanes) is 9. The summed E-state index contributed by atoms with van der Waals surface area (Å²) in [6.45, 7) is 28.1. The second-order valence-corrected chi connectivity index (χ2v) is 8.31. The SMILES string of the molecule is CC.CCC.CCC.CCC.CCC.CCCCCCCCCCCCN(C)CCC. The molecule has 0 aliphatic heterocycles. The lowest BCUT2D eigenvalue weighted by atomic mass is 10.1.